The Morgan fingerprint density at radius 3 is 2.82 bits per heavy atom. The molecule has 0 unspecified atom stereocenters. The fraction of sp³-hybridized carbons (Fsp3) is 0.786. The number of rotatable bonds is 5. The molecule has 2 heterocycles. The van der Waals surface area contributed by atoms with E-state index in [9.17, 15) is 0 Å². The largest absolute Gasteiger partial charge is 0.334 e. The third-order valence-electron chi connectivity index (χ3n) is 4.43. The molecule has 1 aliphatic heterocycles. The second-order valence-corrected chi connectivity index (χ2v) is 5.66. The van der Waals surface area contributed by atoms with Crippen LogP contribution in [0.25, 0.3) is 0 Å². The van der Waals surface area contributed by atoms with E-state index in [-0.39, 0.29) is 0 Å². The zero-order valence-corrected chi connectivity index (χ0v) is 10.6. The van der Waals surface area contributed by atoms with E-state index in [4.69, 9.17) is 0 Å². The molecule has 2 fully saturated rings. The van der Waals surface area contributed by atoms with Crippen molar-refractivity contribution < 1.29 is 0 Å². The van der Waals surface area contributed by atoms with Gasteiger partial charge in [0.1, 0.15) is 0 Å². The second kappa shape index (κ2) is 5.21. The predicted octanol–water partition coefficient (Wildman–Crippen LogP) is 2.54. The molecule has 3 heteroatoms. The number of hydrogen-bond donors (Lipinski definition) is 1. The van der Waals surface area contributed by atoms with Gasteiger partial charge in [-0.25, -0.2) is 4.98 Å². The maximum absolute atomic E-state index is 4.31. The molecular weight excluding hydrogens is 210 g/mol. The zero-order chi connectivity index (χ0) is 11.5. The van der Waals surface area contributed by atoms with E-state index >= 15 is 0 Å². The Morgan fingerprint density at radius 2 is 2.12 bits per heavy atom. The maximum Gasteiger partial charge on any atom is 0.0948 e. The summed E-state index contributed by atoms with van der Waals surface area (Å²) in [5.74, 6) is 1.73. The zero-order valence-electron chi connectivity index (χ0n) is 10.6. The topological polar surface area (TPSA) is 29.9 Å². The summed E-state index contributed by atoms with van der Waals surface area (Å²) in [4.78, 5) is 4.31. The summed E-state index contributed by atoms with van der Waals surface area (Å²) < 4.78 is 2.38. The molecule has 0 aromatic carbocycles. The van der Waals surface area contributed by atoms with Gasteiger partial charge in [-0.1, -0.05) is 25.7 Å². The first kappa shape index (κ1) is 11.3. The Balaban J connectivity index is 1.48. The molecule has 1 aliphatic carbocycles. The van der Waals surface area contributed by atoms with Crippen molar-refractivity contribution in [2.45, 2.75) is 51.0 Å². The lowest BCUT2D eigenvalue weighted by Crippen LogP contribution is -2.40. The summed E-state index contributed by atoms with van der Waals surface area (Å²) >= 11 is 0. The predicted molar refractivity (Wildman–Crippen MR) is 69.0 cm³/mol. The summed E-state index contributed by atoms with van der Waals surface area (Å²) in [6.07, 6.45) is 12.7. The Morgan fingerprint density at radius 1 is 1.29 bits per heavy atom. The summed E-state index contributed by atoms with van der Waals surface area (Å²) in [5.41, 5.74) is 1.44. The van der Waals surface area contributed by atoms with Crippen LogP contribution in [0.4, 0.5) is 0 Å². The molecule has 1 aromatic rings. The van der Waals surface area contributed by atoms with Crippen molar-refractivity contribution in [1.82, 2.24) is 14.9 Å². The molecule has 1 aromatic heterocycles. The van der Waals surface area contributed by atoms with Gasteiger partial charge in [-0.15, -0.1) is 0 Å². The van der Waals surface area contributed by atoms with Crippen LogP contribution in [0.2, 0.25) is 0 Å². The van der Waals surface area contributed by atoms with Crippen LogP contribution in [0.3, 0.4) is 0 Å². The van der Waals surface area contributed by atoms with Crippen LogP contribution in [0.1, 0.15) is 50.1 Å². The van der Waals surface area contributed by atoms with Gasteiger partial charge in [0, 0.05) is 37.4 Å². The molecule has 3 nitrogen and oxygen atoms in total. The van der Waals surface area contributed by atoms with E-state index in [0.717, 1.165) is 19.0 Å². The van der Waals surface area contributed by atoms with Crippen molar-refractivity contribution in [3.05, 3.63) is 18.2 Å². The highest BCUT2D eigenvalue weighted by Crippen LogP contribution is 2.29. The third kappa shape index (κ3) is 2.54. The molecule has 94 valence electrons. The monoisotopic (exact) mass is 233 g/mol. The van der Waals surface area contributed by atoms with Crippen LogP contribution < -0.4 is 5.32 Å². The number of nitrogens with zero attached hydrogens (tertiary/aromatic N) is 2. The van der Waals surface area contributed by atoms with Crippen LogP contribution in [0.15, 0.2) is 12.5 Å². The van der Waals surface area contributed by atoms with Gasteiger partial charge in [-0.05, 0) is 18.8 Å². The minimum Gasteiger partial charge on any atom is -0.334 e. The lowest BCUT2D eigenvalue weighted by atomic mass is 9.99. The van der Waals surface area contributed by atoms with Gasteiger partial charge in [-0.2, -0.15) is 0 Å². The molecule has 3 rings (SSSR count). The van der Waals surface area contributed by atoms with Gasteiger partial charge in [-0.3, -0.25) is 0 Å². The summed E-state index contributed by atoms with van der Waals surface area (Å²) in [7, 11) is 0. The van der Waals surface area contributed by atoms with Gasteiger partial charge >= 0.3 is 0 Å². The summed E-state index contributed by atoms with van der Waals surface area (Å²) in [5, 5.41) is 3.34. The number of aromatic nitrogens is 2. The number of nitrogens with one attached hydrogen (secondary N) is 1. The van der Waals surface area contributed by atoms with Crippen LogP contribution >= 0.6 is 0 Å². The van der Waals surface area contributed by atoms with E-state index in [2.05, 4.69) is 21.1 Å². The molecule has 1 saturated carbocycles. The quantitative estimate of drug-likeness (QED) is 0.847. The lowest BCUT2D eigenvalue weighted by molar-refractivity contribution is 0.410. The highest BCUT2D eigenvalue weighted by atomic mass is 15.1. The van der Waals surface area contributed by atoms with Crippen molar-refractivity contribution in [2.24, 2.45) is 5.92 Å². The van der Waals surface area contributed by atoms with Crippen LogP contribution in [0, 0.1) is 5.92 Å². The van der Waals surface area contributed by atoms with E-state index < -0.39 is 0 Å². The summed E-state index contributed by atoms with van der Waals surface area (Å²) in [6.45, 7) is 3.44. The standard InChI is InChI=1S/C14H23N3/c1-2-5-12(4-1)6-3-7-17-11-16-10-14(17)13-8-15-9-13/h10-13,15H,1-9H2. The Labute approximate surface area is 104 Å². The average Bonchev–Trinajstić information content (AvgIpc) is 2.88. The lowest BCUT2D eigenvalue weighted by Gasteiger charge is -2.28. The normalized spacial score (nSPS) is 21.9. The van der Waals surface area contributed by atoms with Crippen molar-refractivity contribution in [3.63, 3.8) is 0 Å². The summed E-state index contributed by atoms with van der Waals surface area (Å²) in [6, 6.07) is 0. The molecular formula is C14H23N3. The highest BCUT2D eigenvalue weighted by molar-refractivity contribution is 5.11. The van der Waals surface area contributed by atoms with Crippen molar-refractivity contribution in [2.75, 3.05) is 13.1 Å². The van der Waals surface area contributed by atoms with Crippen LogP contribution in [-0.4, -0.2) is 22.6 Å². The maximum atomic E-state index is 4.31. The molecule has 1 saturated heterocycles. The first-order chi connectivity index (χ1) is 8.43. The first-order valence-electron chi connectivity index (χ1n) is 7.14. The number of hydrogen-bond acceptors (Lipinski definition) is 2. The Hall–Kier alpha value is -0.830. The Bertz CT molecular complexity index is 348. The third-order valence-corrected chi connectivity index (χ3v) is 4.43. The molecule has 0 bridgehead atoms. The fourth-order valence-electron chi connectivity index (χ4n) is 3.20. The highest BCUT2D eigenvalue weighted by Gasteiger charge is 2.22. The van der Waals surface area contributed by atoms with Crippen LogP contribution in [-0.2, 0) is 6.54 Å². The number of aryl methyl sites for hydroxylation is 1. The van der Waals surface area contributed by atoms with Crippen molar-refractivity contribution in [1.29, 1.82) is 0 Å². The fourth-order valence-corrected chi connectivity index (χ4v) is 3.20. The van der Waals surface area contributed by atoms with Crippen molar-refractivity contribution >= 4 is 0 Å². The van der Waals surface area contributed by atoms with Gasteiger partial charge in [0.15, 0.2) is 0 Å². The second-order valence-electron chi connectivity index (χ2n) is 5.66. The SMILES string of the molecule is c1ncn(CCCC2CCCC2)c1C1CNC1. The molecule has 0 atom stereocenters. The molecule has 0 amide bonds. The molecule has 2 aliphatic rings. The molecule has 0 radical (unpaired) electrons. The molecule has 17 heavy (non-hydrogen) atoms. The van der Waals surface area contributed by atoms with Crippen LogP contribution in [0.5, 0.6) is 0 Å². The van der Waals surface area contributed by atoms with E-state index in [1.807, 2.05) is 6.33 Å². The Kier molecular flexibility index (Phi) is 3.46. The van der Waals surface area contributed by atoms with E-state index in [1.54, 1.807) is 0 Å². The molecule has 1 N–H and O–H groups in total. The first-order valence-corrected chi connectivity index (χ1v) is 7.14. The smallest absolute Gasteiger partial charge is 0.0948 e. The van der Waals surface area contributed by atoms with Gasteiger partial charge in [0.05, 0.1) is 6.33 Å². The van der Waals surface area contributed by atoms with Gasteiger partial charge in [0.2, 0.25) is 0 Å². The minimum absolute atomic E-state index is 0.712. The minimum atomic E-state index is 0.712. The van der Waals surface area contributed by atoms with E-state index in [1.165, 1.54) is 50.8 Å². The van der Waals surface area contributed by atoms with Gasteiger partial charge < -0.3 is 9.88 Å². The average molecular weight is 233 g/mol. The van der Waals surface area contributed by atoms with Gasteiger partial charge in [0.25, 0.3) is 0 Å². The van der Waals surface area contributed by atoms with Crippen molar-refractivity contribution in [3.8, 4) is 0 Å². The number of imidazole rings is 1. The molecule has 0 spiro atoms. The van der Waals surface area contributed by atoms with E-state index in [0.29, 0.717) is 5.92 Å².